The van der Waals surface area contributed by atoms with Gasteiger partial charge in [0.1, 0.15) is 5.75 Å². The molecule has 1 aromatic carbocycles. The molecule has 1 N–H and O–H groups in total. The first-order valence-electron chi connectivity index (χ1n) is 6.54. The predicted octanol–water partition coefficient (Wildman–Crippen LogP) is 2.29. The van der Waals surface area contributed by atoms with Crippen molar-refractivity contribution in [3.05, 3.63) is 53.9 Å². The first-order chi connectivity index (χ1) is 10.2. The van der Waals surface area contributed by atoms with Gasteiger partial charge in [-0.15, -0.1) is 0 Å². The van der Waals surface area contributed by atoms with E-state index in [4.69, 9.17) is 4.74 Å². The summed E-state index contributed by atoms with van der Waals surface area (Å²) < 4.78 is 9.84. The van der Waals surface area contributed by atoms with E-state index in [0.717, 1.165) is 11.3 Å². The number of methoxy groups -OCH3 is 2. The van der Waals surface area contributed by atoms with Gasteiger partial charge in [-0.2, -0.15) is 0 Å². The maximum Gasteiger partial charge on any atom is 0.374 e. The Morgan fingerprint density at radius 3 is 2.52 bits per heavy atom. The number of hydrogen-bond acceptors (Lipinski definition) is 4. The molecule has 5 heteroatoms. The number of H-pyrrole nitrogens is 1. The van der Waals surface area contributed by atoms with Crippen molar-refractivity contribution in [3.8, 4) is 5.75 Å². The maximum absolute atomic E-state index is 11.9. The van der Waals surface area contributed by atoms with Crippen LogP contribution in [0.1, 0.15) is 23.6 Å². The van der Waals surface area contributed by atoms with Crippen LogP contribution in [0.25, 0.3) is 0 Å². The summed E-state index contributed by atoms with van der Waals surface area (Å²) in [5.74, 6) is -1.01. The molecule has 5 nitrogen and oxygen atoms in total. The lowest BCUT2D eigenvalue weighted by molar-refractivity contribution is -0.151. The van der Waals surface area contributed by atoms with Gasteiger partial charge >= 0.3 is 5.97 Å². The number of aromatic amines is 1. The molecule has 0 saturated heterocycles. The molecule has 110 valence electrons. The largest absolute Gasteiger partial charge is 0.496 e. The highest BCUT2D eigenvalue weighted by Crippen LogP contribution is 2.33. The molecule has 0 aliphatic rings. The molecule has 21 heavy (non-hydrogen) atoms. The van der Waals surface area contributed by atoms with Crippen LogP contribution in [0.2, 0.25) is 0 Å². The number of ether oxygens (including phenoxy) is 2. The first kappa shape index (κ1) is 14.8. The topological polar surface area (TPSA) is 68.4 Å². The van der Waals surface area contributed by atoms with E-state index in [9.17, 15) is 9.59 Å². The van der Waals surface area contributed by atoms with Gasteiger partial charge in [0, 0.05) is 29.8 Å². The van der Waals surface area contributed by atoms with E-state index in [0.29, 0.717) is 5.75 Å². The summed E-state index contributed by atoms with van der Waals surface area (Å²) in [5, 5.41) is 0. The Kier molecular flexibility index (Phi) is 4.77. The lowest BCUT2D eigenvalue weighted by Crippen LogP contribution is -2.19. The number of Topliss-reactive ketones (excluding diaryl/α,β-unsaturated/α-hetero) is 1. The standard InChI is InChI=1S/C16H17NO4/c1-20-15-8-4-3-6-11(15)12(13-7-5-9-17-13)10-14(18)16(19)21-2/h3-9,12,17H,10H2,1-2H3. The molecule has 0 aliphatic heterocycles. The summed E-state index contributed by atoms with van der Waals surface area (Å²) in [7, 11) is 2.78. The van der Waals surface area contributed by atoms with Crippen molar-refractivity contribution in [2.45, 2.75) is 12.3 Å². The van der Waals surface area contributed by atoms with Crippen LogP contribution in [0.3, 0.4) is 0 Å². The minimum atomic E-state index is -0.832. The van der Waals surface area contributed by atoms with E-state index < -0.39 is 11.8 Å². The van der Waals surface area contributed by atoms with Crippen molar-refractivity contribution in [1.82, 2.24) is 4.98 Å². The van der Waals surface area contributed by atoms with Crippen LogP contribution in [0.15, 0.2) is 42.6 Å². The Bertz CT molecular complexity index is 619. The molecule has 0 spiro atoms. The molecule has 1 unspecified atom stereocenters. The van der Waals surface area contributed by atoms with Crippen molar-refractivity contribution < 1.29 is 19.1 Å². The van der Waals surface area contributed by atoms with Gasteiger partial charge < -0.3 is 14.5 Å². The molecule has 1 aromatic heterocycles. The molecular formula is C16H17NO4. The molecule has 1 atom stereocenters. The van der Waals surface area contributed by atoms with Crippen LogP contribution in [0, 0.1) is 0 Å². The van der Waals surface area contributed by atoms with Gasteiger partial charge in [0.25, 0.3) is 0 Å². The zero-order valence-corrected chi connectivity index (χ0v) is 12.0. The average molecular weight is 287 g/mol. The zero-order valence-electron chi connectivity index (χ0n) is 12.0. The average Bonchev–Trinajstić information content (AvgIpc) is 3.05. The summed E-state index contributed by atoms with van der Waals surface area (Å²) in [6, 6.07) is 11.2. The fourth-order valence-electron chi connectivity index (χ4n) is 2.29. The van der Waals surface area contributed by atoms with Crippen molar-refractivity contribution >= 4 is 11.8 Å². The third-order valence-electron chi connectivity index (χ3n) is 3.31. The predicted molar refractivity (Wildman–Crippen MR) is 77.3 cm³/mol. The summed E-state index contributed by atoms with van der Waals surface area (Å²) in [5.41, 5.74) is 1.69. The number of hydrogen-bond donors (Lipinski definition) is 1. The second kappa shape index (κ2) is 6.74. The molecule has 0 radical (unpaired) electrons. The normalized spacial score (nSPS) is 11.7. The molecule has 1 heterocycles. The summed E-state index contributed by atoms with van der Waals surface area (Å²) in [6.45, 7) is 0. The number of benzene rings is 1. The van der Waals surface area contributed by atoms with Crippen LogP contribution in [-0.2, 0) is 14.3 Å². The number of carbonyl (C=O) groups is 2. The summed E-state index contributed by atoms with van der Waals surface area (Å²) in [4.78, 5) is 26.4. The van der Waals surface area contributed by atoms with Gasteiger partial charge in [-0.05, 0) is 18.2 Å². The Morgan fingerprint density at radius 1 is 1.14 bits per heavy atom. The SMILES string of the molecule is COC(=O)C(=O)CC(c1ccc[nH]1)c1ccccc1OC. The number of para-hydroxylation sites is 1. The smallest absolute Gasteiger partial charge is 0.374 e. The molecule has 0 fully saturated rings. The van der Waals surface area contributed by atoms with E-state index in [1.165, 1.54) is 7.11 Å². The van der Waals surface area contributed by atoms with Gasteiger partial charge in [-0.25, -0.2) is 4.79 Å². The number of esters is 1. The Hall–Kier alpha value is -2.56. The molecule has 0 saturated carbocycles. The second-order valence-electron chi connectivity index (χ2n) is 4.54. The molecule has 2 rings (SSSR count). The fraction of sp³-hybridized carbons (Fsp3) is 0.250. The van der Waals surface area contributed by atoms with Crippen molar-refractivity contribution in [1.29, 1.82) is 0 Å². The highest BCUT2D eigenvalue weighted by Gasteiger charge is 2.25. The van der Waals surface area contributed by atoms with E-state index in [-0.39, 0.29) is 12.3 Å². The van der Waals surface area contributed by atoms with Crippen LogP contribution in [-0.4, -0.2) is 31.0 Å². The van der Waals surface area contributed by atoms with E-state index in [1.54, 1.807) is 13.3 Å². The maximum atomic E-state index is 11.9. The highest BCUT2D eigenvalue weighted by atomic mass is 16.5. The van der Waals surface area contributed by atoms with E-state index >= 15 is 0 Å². The second-order valence-corrected chi connectivity index (χ2v) is 4.54. The minimum Gasteiger partial charge on any atom is -0.496 e. The van der Waals surface area contributed by atoms with Gasteiger partial charge in [-0.1, -0.05) is 18.2 Å². The Morgan fingerprint density at radius 2 is 1.90 bits per heavy atom. The fourth-order valence-corrected chi connectivity index (χ4v) is 2.29. The van der Waals surface area contributed by atoms with Gasteiger partial charge in [0.15, 0.2) is 0 Å². The quantitative estimate of drug-likeness (QED) is 0.654. The first-order valence-corrected chi connectivity index (χ1v) is 6.54. The number of rotatable bonds is 6. The number of ketones is 1. The molecule has 0 bridgehead atoms. The van der Waals surface area contributed by atoms with Crippen molar-refractivity contribution in [3.63, 3.8) is 0 Å². The number of nitrogens with one attached hydrogen (secondary N) is 1. The van der Waals surface area contributed by atoms with Gasteiger partial charge in [-0.3, -0.25) is 4.79 Å². The summed E-state index contributed by atoms with van der Waals surface area (Å²) in [6.07, 6.45) is 1.80. The lowest BCUT2D eigenvalue weighted by Gasteiger charge is -2.18. The zero-order chi connectivity index (χ0) is 15.2. The summed E-state index contributed by atoms with van der Waals surface area (Å²) >= 11 is 0. The Labute approximate surface area is 122 Å². The molecule has 0 aliphatic carbocycles. The lowest BCUT2D eigenvalue weighted by atomic mass is 9.90. The monoisotopic (exact) mass is 287 g/mol. The van der Waals surface area contributed by atoms with E-state index in [2.05, 4.69) is 9.72 Å². The van der Waals surface area contributed by atoms with Crippen LogP contribution in [0.4, 0.5) is 0 Å². The highest BCUT2D eigenvalue weighted by molar-refractivity contribution is 6.33. The molecular weight excluding hydrogens is 270 g/mol. The third kappa shape index (κ3) is 3.31. The number of aromatic nitrogens is 1. The minimum absolute atomic E-state index is 0.0214. The van der Waals surface area contributed by atoms with Gasteiger partial charge in [0.05, 0.1) is 14.2 Å². The van der Waals surface area contributed by atoms with Crippen molar-refractivity contribution in [2.75, 3.05) is 14.2 Å². The number of carbonyl (C=O) groups excluding carboxylic acids is 2. The van der Waals surface area contributed by atoms with Crippen molar-refractivity contribution in [2.24, 2.45) is 0 Å². The third-order valence-corrected chi connectivity index (χ3v) is 3.31. The van der Waals surface area contributed by atoms with E-state index in [1.807, 2.05) is 36.4 Å². The Balaban J connectivity index is 2.38. The van der Waals surface area contributed by atoms with Crippen LogP contribution < -0.4 is 4.74 Å². The van der Waals surface area contributed by atoms with Crippen LogP contribution >= 0.6 is 0 Å². The molecule has 0 amide bonds. The van der Waals surface area contributed by atoms with Gasteiger partial charge in [0.2, 0.25) is 5.78 Å². The van der Waals surface area contributed by atoms with Crippen LogP contribution in [0.5, 0.6) is 5.75 Å². The molecule has 2 aromatic rings.